The molecule has 0 unspecified atom stereocenters. The van der Waals surface area contributed by atoms with Crippen LogP contribution in [0.25, 0.3) is 0 Å². The zero-order chi connectivity index (χ0) is 16.6. The zero-order valence-corrected chi connectivity index (χ0v) is 13.8. The van der Waals surface area contributed by atoms with Gasteiger partial charge in [-0.25, -0.2) is 0 Å². The van der Waals surface area contributed by atoms with E-state index in [4.69, 9.17) is 10.00 Å². The standard InChI is InChI=1S/C17H25N3O2/c1-5-20(6-2)11-12-22-15-9-7-14(8-10-15)19-16(21)17(3,4)13-18/h7-10H,5-6,11-12H2,1-4H3,(H,19,21). The van der Waals surface area contributed by atoms with Gasteiger partial charge < -0.3 is 15.0 Å². The van der Waals surface area contributed by atoms with Gasteiger partial charge in [-0.15, -0.1) is 0 Å². The summed E-state index contributed by atoms with van der Waals surface area (Å²) >= 11 is 0. The molecule has 120 valence electrons. The molecule has 1 amide bonds. The Morgan fingerprint density at radius 1 is 1.27 bits per heavy atom. The van der Waals surface area contributed by atoms with Crippen molar-refractivity contribution in [3.63, 3.8) is 0 Å². The molecule has 1 aromatic carbocycles. The Morgan fingerprint density at radius 2 is 1.86 bits per heavy atom. The maximum Gasteiger partial charge on any atom is 0.244 e. The molecule has 0 saturated heterocycles. The topological polar surface area (TPSA) is 65.4 Å². The van der Waals surface area contributed by atoms with Crippen LogP contribution in [0.1, 0.15) is 27.7 Å². The third-order valence-corrected chi connectivity index (χ3v) is 3.53. The predicted molar refractivity (Wildman–Crippen MR) is 87.7 cm³/mol. The monoisotopic (exact) mass is 303 g/mol. The van der Waals surface area contributed by atoms with E-state index in [1.54, 1.807) is 26.0 Å². The lowest BCUT2D eigenvalue weighted by atomic mass is 9.94. The molecular weight excluding hydrogens is 278 g/mol. The molecule has 0 spiro atoms. The Hall–Kier alpha value is -2.06. The summed E-state index contributed by atoms with van der Waals surface area (Å²) in [6.45, 7) is 11.0. The van der Waals surface area contributed by atoms with Crippen molar-refractivity contribution in [3.05, 3.63) is 24.3 Å². The minimum absolute atomic E-state index is 0.315. The summed E-state index contributed by atoms with van der Waals surface area (Å²) in [7, 11) is 0. The fourth-order valence-corrected chi connectivity index (χ4v) is 1.81. The predicted octanol–water partition coefficient (Wildman–Crippen LogP) is 2.90. The van der Waals surface area contributed by atoms with Crippen LogP contribution < -0.4 is 10.1 Å². The van der Waals surface area contributed by atoms with Crippen LogP contribution in [0.2, 0.25) is 0 Å². The van der Waals surface area contributed by atoms with Crippen LogP contribution in [0.4, 0.5) is 5.69 Å². The maximum absolute atomic E-state index is 11.9. The number of benzene rings is 1. The molecule has 0 saturated carbocycles. The highest BCUT2D eigenvalue weighted by Crippen LogP contribution is 2.20. The Kier molecular flexibility index (Phi) is 6.87. The van der Waals surface area contributed by atoms with Crippen molar-refractivity contribution >= 4 is 11.6 Å². The number of hydrogen-bond acceptors (Lipinski definition) is 4. The Morgan fingerprint density at radius 3 is 2.36 bits per heavy atom. The molecule has 0 radical (unpaired) electrons. The largest absolute Gasteiger partial charge is 0.492 e. The van der Waals surface area contributed by atoms with Crippen LogP contribution in [-0.4, -0.2) is 37.0 Å². The molecule has 0 atom stereocenters. The van der Waals surface area contributed by atoms with Crippen molar-refractivity contribution in [2.24, 2.45) is 5.41 Å². The van der Waals surface area contributed by atoms with Gasteiger partial charge in [-0.3, -0.25) is 4.79 Å². The highest BCUT2D eigenvalue weighted by atomic mass is 16.5. The lowest BCUT2D eigenvalue weighted by Gasteiger charge is -2.18. The van der Waals surface area contributed by atoms with Gasteiger partial charge in [0.25, 0.3) is 0 Å². The van der Waals surface area contributed by atoms with Crippen LogP contribution in [0.3, 0.4) is 0 Å². The van der Waals surface area contributed by atoms with Gasteiger partial charge >= 0.3 is 0 Å². The molecule has 0 heterocycles. The van der Waals surface area contributed by atoms with Crippen molar-refractivity contribution < 1.29 is 9.53 Å². The van der Waals surface area contributed by atoms with Gasteiger partial charge in [0, 0.05) is 12.2 Å². The number of nitrogens with zero attached hydrogens (tertiary/aromatic N) is 2. The molecule has 22 heavy (non-hydrogen) atoms. The minimum atomic E-state index is -1.04. The molecule has 5 nitrogen and oxygen atoms in total. The Bertz CT molecular complexity index is 514. The SMILES string of the molecule is CCN(CC)CCOc1ccc(NC(=O)C(C)(C)C#N)cc1. The third-order valence-electron chi connectivity index (χ3n) is 3.53. The summed E-state index contributed by atoms with van der Waals surface area (Å²) in [5.41, 5.74) is -0.386. The lowest BCUT2D eigenvalue weighted by molar-refractivity contribution is -0.121. The summed E-state index contributed by atoms with van der Waals surface area (Å²) in [6.07, 6.45) is 0. The summed E-state index contributed by atoms with van der Waals surface area (Å²) in [4.78, 5) is 14.2. The first-order valence-electron chi connectivity index (χ1n) is 7.60. The molecular formula is C17H25N3O2. The molecule has 1 N–H and O–H groups in total. The van der Waals surface area contributed by atoms with E-state index in [1.807, 2.05) is 18.2 Å². The normalized spacial score (nSPS) is 11.1. The van der Waals surface area contributed by atoms with Crippen molar-refractivity contribution in [1.82, 2.24) is 4.90 Å². The number of amides is 1. The number of nitriles is 1. The average Bonchev–Trinajstić information content (AvgIpc) is 2.53. The van der Waals surface area contributed by atoms with E-state index in [0.717, 1.165) is 25.4 Å². The van der Waals surface area contributed by atoms with Gasteiger partial charge in [0.1, 0.15) is 17.8 Å². The zero-order valence-electron chi connectivity index (χ0n) is 13.8. The lowest BCUT2D eigenvalue weighted by Crippen LogP contribution is -2.29. The highest BCUT2D eigenvalue weighted by molar-refractivity contribution is 5.96. The summed E-state index contributed by atoms with van der Waals surface area (Å²) < 4.78 is 5.68. The molecule has 0 aromatic heterocycles. The van der Waals surface area contributed by atoms with Crippen LogP contribution >= 0.6 is 0 Å². The third kappa shape index (κ3) is 5.38. The van der Waals surface area contributed by atoms with Crippen molar-refractivity contribution in [1.29, 1.82) is 5.26 Å². The molecule has 0 aliphatic rings. The summed E-state index contributed by atoms with van der Waals surface area (Å²) in [5.74, 6) is 0.454. The van der Waals surface area contributed by atoms with Crippen LogP contribution in [0.5, 0.6) is 5.75 Å². The van der Waals surface area contributed by atoms with E-state index >= 15 is 0 Å². The van der Waals surface area contributed by atoms with Crippen LogP contribution in [-0.2, 0) is 4.79 Å². The smallest absolute Gasteiger partial charge is 0.244 e. The van der Waals surface area contributed by atoms with Gasteiger partial charge in [-0.05, 0) is 51.2 Å². The van der Waals surface area contributed by atoms with Crippen LogP contribution in [0.15, 0.2) is 24.3 Å². The number of hydrogen-bond donors (Lipinski definition) is 1. The molecule has 5 heteroatoms. The van der Waals surface area contributed by atoms with E-state index < -0.39 is 5.41 Å². The molecule has 1 rings (SSSR count). The first-order chi connectivity index (χ1) is 10.4. The van der Waals surface area contributed by atoms with Gasteiger partial charge in [0.2, 0.25) is 5.91 Å². The fraction of sp³-hybridized carbons (Fsp3) is 0.529. The van der Waals surface area contributed by atoms with Crippen molar-refractivity contribution in [3.8, 4) is 11.8 Å². The fourth-order valence-electron chi connectivity index (χ4n) is 1.81. The molecule has 0 fully saturated rings. The second kappa shape index (κ2) is 8.40. The average molecular weight is 303 g/mol. The number of likely N-dealkylation sites (N-methyl/N-ethyl adjacent to an activating group) is 1. The van der Waals surface area contributed by atoms with Crippen molar-refractivity contribution in [2.45, 2.75) is 27.7 Å². The quantitative estimate of drug-likeness (QED) is 0.802. The van der Waals surface area contributed by atoms with E-state index in [1.165, 1.54) is 0 Å². The Balaban J connectivity index is 2.50. The first kappa shape index (κ1) is 18.0. The van der Waals surface area contributed by atoms with Crippen molar-refractivity contribution in [2.75, 3.05) is 31.6 Å². The highest BCUT2D eigenvalue weighted by Gasteiger charge is 2.27. The van der Waals surface area contributed by atoms with Gasteiger partial charge in [0.05, 0.1) is 6.07 Å². The van der Waals surface area contributed by atoms with Crippen LogP contribution in [0, 0.1) is 16.7 Å². The number of rotatable bonds is 8. The number of ether oxygens (including phenoxy) is 1. The molecule has 0 aliphatic heterocycles. The molecule has 0 aliphatic carbocycles. The van der Waals surface area contributed by atoms with Gasteiger partial charge in [0.15, 0.2) is 0 Å². The number of carbonyl (C=O) groups excluding carboxylic acids is 1. The number of nitrogens with one attached hydrogen (secondary N) is 1. The van der Waals surface area contributed by atoms with E-state index in [-0.39, 0.29) is 5.91 Å². The van der Waals surface area contributed by atoms with Gasteiger partial charge in [-0.1, -0.05) is 13.8 Å². The summed E-state index contributed by atoms with van der Waals surface area (Å²) in [6, 6.07) is 9.17. The molecule has 1 aromatic rings. The maximum atomic E-state index is 11.9. The van der Waals surface area contributed by atoms with E-state index in [0.29, 0.717) is 12.3 Å². The summed E-state index contributed by atoms with van der Waals surface area (Å²) in [5, 5.41) is 11.7. The number of carbonyl (C=O) groups is 1. The Labute approximate surface area is 132 Å². The second-order valence-electron chi connectivity index (χ2n) is 5.59. The van der Waals surface area contributed by atoms with E-state index in [9.17, 15) is 4.79 Å². The van der Waals surface area contributed by atoms with E-state index in [2.05, 4.69) is 24.1 Å². The minimum Gasteiger partial charge on any atom is -0.492 e. The number of anilines is 1. The second-order valence-corrected chi connectivity index (χ2v) is 5.59. The first-order valence-corrected chi connectivity index (χ1v) is 7.60. The van der Waals surface area contributed by atoms with Gasteiger partial charge in [-0.2, -0.15) is 5.26 Å². The molecule has 0 bridgehead atoms.